The first-order chi connectivity index (χ1) is 10.3. The monoisotopic (exact) mass is 285 g/mol. The topological polar surface area (TPSA) is 56.1 Å². The number of aromatic nitrogens is 4. The molecule has 0 N–H and O–H groups in total. The third kappa shape index (κ3) is 2.95. The normalized spacial score (nSPS) is 18.1. The summed E-state index contributed by atoms with van der Waals surface area (Å²) in [7, 11) is 0. The third-order valence-electron chi connectivity index (χ3n) is 3.60. The molecule has 6 heteroatoms. The number of hydrogen-bond acceptors (Lipinski definition) is 5. The second-order valence-electron chi connectivity index (χ2n) is 5.06. The van der Waals surface area contributed by atoms with Gasteiger partial charge in [0.2, 0.25) is 0 Å². The van der Waals surface area contributed by atoms with Crippen LogP contribution >= 0.6 is 0 Å². The second kappa shape index (κ2) is 6.05. The molecule has 0 bridgehead atoms. The van der Waals surface area contributed by atoms with E-state index in [1.807, 2.05) is 17.7 Å². The number of nitrogens with zero attached hydrogens (tertiary/aromatic N) is 5. The Bertz CT molecular complexity index is 624. The zero-order valence-corrected chi connectivity index (χ0v) is 12.1. The lowest BCUT2D eigenvalue weighted by molar-refractivity contribution is 0.0909. The van der Waals surface area contributed by atoms with Crippen LogP contribution in [0.15, 0.2) is 37.4 Å². The lowest BCUT2D eigenvalue weighted by Crippen LogP contribution is -2.24. The lowest BCUT2D eigenvalue weighted by Gasteiger charge is -2.18. The molecule has 6 nitrogen and oxygen atoms in total. The molecule has 0 spiro atoms. The highest BCUT2D eigenvalue weighted by atomic mass is 16.5. The Morgan fingerprint density at radius 2 is 2.29 bits per heavy atom. The molecule has 1 aliphatic heterocycles. The van der Waals surface area contributed by atoms with Gasteiger partial charge >= 0.3 is 0 Å². The van der Waals surface area contributed by atoms with Gasteiger partial charge in [-0.15, -0.1) is 6.58 Å². The summed E-state index contributed by atoms with van der Waals surface area (Å²) < 4.78 is 7.63. The van der Waals surface area contributed by atoms with Crippen molar-refractivity contribution in [2.75, 3.05) is 24.6 Å². The molecule has 0 saturated carbocycles. The fourth-order valence-electron chi connectivity index (χ4n) is 2.51. The zero-order valence-electron chi connectivity index (χ0n) is 12.1. The van der Waals surface area contributed by atoms with Gasteiger partial charge in [-0.3, -0.25) is 9.55 Å². The summed E-state index contributed by atoms with van der Waals surface area (Å²) >= 11 is 0. The highest BCUT2D eigenvalue weighted by Crippen LogP contribution is 2.20. The molecule has 2 aromatic rings. The minimum atomic E-state index is 0.239. The van der Waals surface area contributed by atoms with Crippen LogP contribution in [0.25, 0.3) is 5.82 Å². The molecule has 0 aliphatic carbocycles. The molecule has 3 rings (SSSR count). The van der Waals surface area contributed by atoms with Gasteiger partial charge in [-0.05, 0) is 13.3 Å². The Balaban J connectivity index is 1.75. The Morgan fingerprint density at radius 3 is 3.05 bits per heavy atom. The molecule has 3 heterocycles. The van der Waals surface area contributed by atoms with Gasteiger partial charge in [0.05, 0.1) is 25.1 Å². The standard InChI is InChI=1S/C15H19N5O/c1-3-8-21-13-4-6-19(11-13)14-9-16-10-15(18-14)20-7-5-17-12(20)2/h3,5,7,9-10,13H,1,4,6,8,11H2,2H3. The summed E-state index contributed by atoms with van der Waals surface area (Å²) in [5, 5.41) is 0. The van der Waals surface area contributed by atoms with Crippen LogP contribution in [-0.4, -0.2) is 45.3 Å². The molecular weight excluding hydrogens is 266 g/mol. The van der Waals surface area contributed by atoms with E-state index in [2.05, 4.69) is 26.4 Å². The van der Waals surface area contributed by atoms with E-state index < -0.39 is 0 Å². The summed E-state index contributed by atoms with van der Waals surface area (Å²) in [6.45, 7) is 8.00. The van der Waals surface area contributed by atoms with Crippen LogP contribution in [0.4, 0.5) is 5.82 Å². The van der Waals surface area contributed by atoms with E-state index in [4.69, 9.17) is 4.74 Å². The first-order valence-corrected chi connectivity index (χ1v) is 7.07. The van der Waals surface area contributed by atoms with Crippen LogP contribution in [0, 0.1) is 6.92 Å². The maximum absolute atomic E-state index is 5.70. The van der Waals surface area contributed by atoms with Gasteiger partial charge in [-0.25, -0.2) is 9.97 Å². The quantitative estimate of drug-likeness (QED) is 0.783. The SMILES string of the molecule is C=CCOC1CCN(c2cncc(-n3ccnc3C)n2)C1. The average molecular weight is 285 g/mol. The molecule has 110 valence electrons. The molecule has 1 aliphatic rings. The van der Waals surface area contributed by atoms with E-state index in [9.17, 15) is 0 Å². The highest BCUT2D eigenvalue weighted by Gasteiger charge is 2.24. The number of aryl methyl sites for hydroxylation is 1. The minimum Gasteiger partial charge on any atom is -0.372 e. The molecule has 1 saturated heterocycles. The van der Waals surface area contributed by atoms with Crippen LogP contribution < -0.4 is 4.90 Å². The van der Waals surface area contributed by atoms with Crippen molar-refractivity contribution in [1.29, 1.82) is 0 Å². The summed E-state index contributed by atoms with van der Waals surface area (Å²) in [6, 6.07) is 0. The molecule has 0 radical (unpaired) electrons. The summed E-state index contributed by atoms with van der Waals surface area (Å²) in [6.07, 6.45) is 10.2. The molecule has 0 aromatic carbocycles. The van der Waals surface area contributed by atoms with Crippen molar-refractivity contribution < 1.29 is 4.74 Å². The Kier molecular flexibility index (Phi) is 3.96. The smallest absolute Gasteiger partial charge is 0.159 e. The van der Waals surface area contributed by atoms with E-state index in [1.54, 1.807) is 24.7 Å². The van der Waals surface area contributed by atoms with Gasteiger partial charge in [0, 0.05) is 25.5 Å². The number of anilines is 1. The van der Waals surface area contributed by atoms with E-state index in [-0.39, 0.29) is 6.10 Å². The van der Waals surface area contributed by atoms with Crippen molar-refractivity contribution in [1.82, 2.24) is 19.5 Å². The molecule has 21 heavy (non-hydrogen) atoms. The van der Waals surface area contributed by atoms with Crippen molar-refractivity contribution in [3.05, 3.63) is 43.3 Å². The number of ether oxygens (including phenoxy) is 1. The van der Waals surface area contributed by atoms with E-state index in [1.165, 1.54) is 0 Å². The summed E-state index contributed by atoms with van der Waals surface area (Å²) in [5.74, 6) is 2.57. The third-order valence-corrected chi connectivity index (χ3v) is 3.60. The van der Waals surface area contributed by atoms with Crippen molar-refractivity contribution in [2.24, 2.45) is 0 Å². The van der Waals surface area contributed by atoms with Crippen LogP contribution in [0.3, 0.4) is 0 Å². The van der Waals surface area contributed by atoms with Gasteiger partial charge in [0.15, 0.2) is 5.82 Å². The minimum absolute atomic E-state index is 0.239. The van der Waals surface area contributed by atoms with E-state index >= 15 is 0 Å². The van der Waals surface area contributed by atoms with Crippen LogP contribution in [-0.2, 0) is 4.74 Å². The molecule has 2 aromatic heterocycles. The van der Waals surface area contributed by atoms with Gasteiger partial charge in [0.25, 0.3) is 0 Å². The summed E-state index contributed by atoms with van der Waals surface area (Å²) in [4.78, 5) is 15.4. The second-order valence-corrected chi connectivity index (χ2v) is 5.06. The molecule has 1 unspecified atom stereocenters. The number of imidazole rings is 1. The first kappa shape index (κ1) is 13.8. The largest absolute Gasteiger partial charge is 0.372 e. The van der Waals surface area contributed by atoms with E-state index in [0.29, 0.717) is 6.61 Å². The predicted molar refractivity (Wildman–Crippen MR) is 80.7 cm³/mol. The van der Waals surface area contributed by atoms with Crippen molar-refractivity contribution in [3.63, 3.8) is 0 Å². The Hall–Kier alpha value is -2.21. The molecule has 0 amide bonds. The van der Waals surface area contributed by atoms with Gasteiger partial charge in [0.1, 0.15) is 11.6 Å². The van der Waals surface area contributed by atoms with Crippen molar-refractivity contribution in [2.45, 2.75) is 19.4 Å². The van der Waals surface area contributed by atoms with Crippen molar-refractivity contribution in [3.8, 4) is 5.82 Å². The summed E-state index contributed by atoms with van der Waals surface area (Å²) in [5.41, 5.74) is 0. The average Bonchev–Trinajstić information content (AvgIpc) is 3.14. The number of hydrogen-bond donors (Lipinski definition) is 0. The van der Waals surface area contributed by atoms with Crippen LogP contribution in [0.5, 0.6) is 0 Å². The van der Waals surface area contributed by atoms with Gasteiger partial charge in [-0.1, -0.05) is 6.08 Å². The number of rotatable bonds is 5. The maximum atomic E-state index is 5.70. The van der Waals surface area contributed by atoms with Gasteiger partial charge in [-0.2, -0.15) is 0 Å². The fourth-order valence-corrected chi connectivity index (χ4v) is 2.51. The lowest BCUT2D eigenvalue weighted by atomic mass is 10.3. The maximum Gasteiger partial charge on any atom is 0.159 e. The molecule has 1 fully saturated rings. The molecule has 1 atom stereocenters. The van der Waals surface area contributed by atoms with Crippen LogP contribution in [0.1, 0.15) is 12.2 Å². The Labute approximate surface area is 124 Å². The highest BCUT2D eigenvalue weighted by molar-refractivity contribution is 5.41. The predicted octanol–water partition coefficient (Wildman–Crippen LogP) is 1.75. The zero-order chi connectivity index (χ0) is 14.7. The molecular formula is C15H19N5O. The first-order valence-electron chi connectivity index (χ1n) is 7.07. The van der Waals surface area contributed by atoms with Gasteiger partial charge < -0.3 is 9.64 Å². The Morgan fingerprint density at radius 1 is 1.43 bits per heavy atom. The van der Waals surface area contributed by atoms with Crippen molar-refractivity contribution >= 4 is 5.82 Å². The van der Waals surface area contributed by atoms with E-state index in [0.717, 1.165) is 37.0 Å². The van der Waals surface area contributed by atoms with Crippen LogP contribution in [0.2, 0.25) is 0 Å². The fraction of sp³-hybridized carbons (Fsp3) is 0.400.